The van der Waals surface area contributed by atoms with Crippen LogP contribution in [0.15, 0.2) is 18.2 Å². The Morgan fingerprint density at radius 2 is 2.10 bits per heavy atom. The average Bonchev–Trinajstić information content (AvgIpc) is 2.36. The van der Waals surface area contributed by atoms with Gasteiger partial charge in [0, 0.05) is 25.1 Å². The summed E-state index contributed by atoms with van der Waals surface area (Å²) in [5.74, 6) is 0.545. The summed E-state index contributed by atoms with van der Waals surface area (Å²) < 4.78 is 0. The maximum absolute atomic E-state index is 12.3. The molecule has 0 atom stereocenters. The largest absolute Gasteiger partial charge is 0.312 e. The third-order valence-corrected chi connectivity index (χ3v) is 3.62. The van der Waals surface area contributed by atoms with Crippen LogP contribution in [0.5, 0.6) is 0 Å². The van der Waals surface area contributed by atoms with Crippen LogP contribution in [-0.4, -0.2) is 17.7 Å². The Kier molecular flexibility index (Phi) is 4.81. The van der Waals surface area contributed by atoms with Crippen LogP contribution < -0.4 is 4.90 Å². The summed E-state index contributed by atoms with van der Waals surface area (Å²) in [6.45, 7) is 4.89. The summed E-state index contributed by atoms with van der Waals surface area (Å²) >= 11 is 5.43. The number of nitrogens with zero attached hydrogens (tertiary/aromatic N) is 1. The van der Waals surface area contributed by atoms with E-state index in [4.69, 9.17) is 11.6 Å². The summed E-state index contributed by atoms with van der Waals surface area (Å²) in [5, 5.41) is -0.353. The molecule has 108 valence electrons. The molecule has 3 nitrogen and oxygen atoms in total. The summed E-state index contributed by atoms with van der Waals surface area (Å²) in [5.41, 5.74) is 3.05. The topological polar surface area (TPSA) is 37.4 Å². The maximum Gasteiger partial charge on any atom is 0.227 e. The van der Waals surface area contributed by atoms with Crippen LogP contribution in [0.4, 0.5) is 5.69 Å². The Labute approximate surface area is 124 Å². The second-order valence-corrected chi connectivity index (χ2v) is 6.16. The van der Waals surface area contributed by atoms with Gasteiger partial charge in [0.05, 0.1) is 0 Å². The Balaban J connectivity index is 2.23. The highest BCUT2D eigenvalue weighted by Gasteiger charge is 2.23. The van der Waals surface area contributed by atoms with E-state index in [0.717, 1.165) is 36.2 Å². The van der Waals surface area contributed by atoms with Crippen LogP contribution in [0, 0.1) is 5.92 Å². The van der Waals surface area contributed by atoms with Crippen LogP contribution in [0.3, 0.4) is 0 Å². The number of carbonyl (C=O) groups excluding carboxylic acids is 2. The van der Waals surface area contributed by atoms with Gasteiger partial charge in [-0.05, 0) is 47.6 Å². The van der Waals surface area contributed by atoms with Crippen molar-refractivity contribution in [1.29, 1.82) is 0 Å². The van der Waals surface area contributed by atoms with Gasteiger partial charge in [-0.15, -0.1) is 0 Å². The molecule has 0 unspecified atom stereocenters. The molecular formula is C16H20ClNO2. The normalized spacial score (nSPS) is 14.3. The zero-order chi connectivity index (χ0) is 14.7. The fraction of sp³-hybridized carbons (Fsp3) is 0.500. The minimum atomic E-state index is -0.353. The lowest BCUT2D eigenvalue weighted by Crippen LogP contribution is -2.36. The summed E-state index contributed by atoms with van der Waals surface area (Å²) in [6.07, 6.45) is 2.73. The maximum atomic E-state index is 12.3. The molecule has 1 heterocycles. The Morgan fingerprint density at radius 3 is 2.75 bits per heavy atom. The second kappa shape index (κ2) is 6.40. The predicted molar refractivity (Wildman–Crippen MR) is 81.1 cm³/mol. The Bertz CT molecular complexity index is 525. The molecule has 20 heavy (non-hydrogen) atoms. The van der Waals surface area contributed by atoms with Crippen molar-refractivity contribution in [3.63, 3.8) is 0 Å². The van der Waals surface area contributed by atoms with Gasteiger partial charge in [-0.25, -0.2) is 0 Å². The van der Waals surface area contributed by atoms with E-state index in [2.05, 4.69) is 13.8 Å². The number of hydrogen-bond acceptors (Lipinski definition) is 2. The number of benzene rings is 1. The van der Waals surface area contributed by atoms with E-state index in [1.807, 2.05) is 23.1 Å². The van der Waals surface area contributed by atoms with Crippen molar-refractivity contribution in [1.82, 2.24) is 0 Å². The SMILES string of the molecule is CC(C)CC(=O)N1CCCc2cc(CC(=O)Cl)ccc21. The Hall–Kier alpha value is -1.35. The summed E-state index contributed by atoms with van der Waals surface area (Å²) in [6, 6.07) is 5.84. The van der Waals surface area contributed by atoms with E-state index in [-0.39, 0.29) is 17.6 Å². The van der Waals surface area contributed by atoms with Gasteiger partial charge in [0.25, 0.3) is 0 Å². The molecule has 0 aliphatic carbocycles. The first-order valence-corrected chi connectivity index (χ1v) is 7.45. The van der Waals surface area contributed by atoms with Gasteiger partial charge in [-0.3, -0.25) is 9.59 Å². The van der Waals surface area contributed by atoms with E-state index < -0.39 is 0 Å². The molecule has 0 bridgehead atoms. The third-order valence-electron chi connectivity index (χ3n) is 3.49. The van der Waals surface area contributed by atoms with Crippen molar-refractivity contribution in [2.24, 2.45) is 5.92 Å². The van der Waals surface area contributed by atoms with E-state index in [9.17, 15) is 9.59 Å². The molecule has 0 fully saturated rings. The predicted octanol–water partition coefficient (Wildman–Crippen LogP) is 3.32. The number of aryl methyl sites for hydroxylation is 1. The molecule has 4 heteroatoms. The number of fused-ring (bicyclic) bond motifs is 1. The van der Waals surface area contributed by atoms with Gasteiger partial charge in [0.15, 0.2) is 0 Å². The van der Waals surface area contributed by atoms with E-state index in [0.29, 0.717) is 12.3 Å². The first kappa shape index (κ1) is 15.0. The smallest absolute Gasteiger partial charge is 0.227 e. The number of amides is 1. The van der Waals surface area contributed by atoms with Crippen molar-refractivity contribution < 1.29 is 9.59 Å². The van der Waals surface area contributed by atoms with Crippen LogP contribution in [-0.2, 0) is 22.4 Å². The lowest BCUT2D eigenvalue weighted by molar-refractivity contribution is -0.119. The average molecular weight is 294 g/mol. The molecule has 1 aliphatic rings. The van der Waals surface area contributed by atoms with Gasteiger partial charge >= 0.3 is 0 Å². The van der Waals surface area contributed by atoms with Gasteiger partial charge in [0.2, 0.25) is 11.1 Å². The molecular weight excluding hydrogens is 274 g/mol. The fourth-order valence-electron chi connectivity index (χ4n) is 2.64. The van der Waals surface area contributed by atoms with E-state index in [1.54, 1.807) is 0 Å². The molecule has 0 saturated heterocycles. The monoisotopic (exact) mass is 293 g/mol. The summed E-state index contributed by atoms with van der Waals surface area (Å²) in [7, 11) is 0. The van der Waals surface area contributed by atoms with Gasteiger partial charge in [-0.1, -0.05) is 26.0 Å². The van der Waals surface area contributed by atoms with Gasteiger partial charge in [0.1, 0.15) is 0 Å². The number of hydrogen-bond donors (Lipinski definition) is 0. The second-order valence-electron chi connectivity index (χ2n) is 5.74. The van der Waals surface area contributed by atoms with Crippen molar-refractivity contribution in [3.8, 4) is 0 Å². The molecule has 1 aliphatic heterocycles. The lowest BCUT2D eigenvalue weighted by atomic mass is 9.97. The molecule has 1 aromatic rings. The quantitative estimate of drug-likeness (QED) is 0.799. The van der Waals surface area contributed by atoms with Crippen molar-refractivity contribution in [2.45, 2.75) is 39.5 Å². The van der Waals surface area contributed by atoms with Crippen molar-refractivity contribution in [2.75, 3.05) is 11.4 Å². The molecule has 0 N–H and O–H groups in total. The minimum Gasteiger partial charge on any atom is -0.312 e. The first-order chi connectivity index (χ1) is 9.47. The highest BCUT2D eigenvalue weighted by molar-refractivity contribution is 6.63. The number of rotatable bonds is 4. The van der Waals surface area contributed by atoms with Crippen LogP contribution in [0.1, 0.15) is 37.8 Å². The molecule has 0 radical (unpaired) electrons. The number of carbonyl (C=O) groups is 2. The van der Waals surface area contributed by atoms with Crippen molar-refractivity contribution >= 4 is 28.4 Å². The molecule has 2 rings (SSSR count). The molecule has 0 spiro atoms. The van der Waals surface area contributed by atoms with Crippen molar-refractivity contribution in [3.05, 3.63) is 29.3 Å². The van der Waals surface area contributed by atoms with Crippen LogP contribution in [0.25, 0.3) is 0 Å². The zero-order valence-electron chi connectivity index (χ0n) is 12.0. The molecule has 1 aromatic carbocycles. The fourth-order valence-corrected chi connectivity index (χ4v) is 2.79. The molecule has 1 amide bonds. The molecule has 0 saturated carbocycles. The van der Waals surface area contributed by atoms with E-state index in [1.165, 1.54) is 0 Å². The highest BCUT2D eigenvalue weighted by Crippen LogP contribution is 2.29. The van der Waals surface area contributed by atoms with Crippen LogP contribution >= 0.6 is 11.6 Å². The zero-order valence-corrected chi connectivity index (χ0v) is 12.7. The first-order valence-electron chi connectivity index (χ1n) is 7.08. The summed E-state index contributed by atoms with van der Waals surface area (Å²) in [4.78, 5) is 25.1. The van der Waals surface area contributed by atoms with Crippen LogP contribution in [0.2, 0.25) is 0 Å². The minimum absolute atomic E-state index is 0.183. The standard InChI is InChI=1S/C16H20ClNO2/c1-11(2)8-16(20)18-7-3-4-13-9-12(10-15(17)19)5-6-14(13)18/h5-6,9,11H,3-4,7-8,10H2,1-2H3. The molecule has 0 aromatic heterocycles. The van der Waals surface area contributed by atoms with Gasteiger partial charge in [-0.2, -0.15) is 0 Å². The van der Waals surface area contributed by atoms with E-state index >= 15 is 0 Å². The third kappa shape index (κ3) is 3.60. The number of halogens is 1. The lowest BCUT2D eigenvalue weighted by Gasteiger charge is -2.30. The number of anilines is 1. The highest BCUT2D eigenvalue weighted by atomic mass is 35.5. The van der Waals surface area contributed by atoms with Gasteiger partial charge < -0.3 is 4.90 Å². The Morgan fingerprint density at radius 1 is 1.35 bits per heavy atom.